The fourth-order valence-electron chi connectivity index (χ4n) is 2.30. The zero-order chi connectivity index (χ0) is 19.1. The number of rotatable bonds is 9. The lowest BCUT2D eigenvalue weighted by atomic mass is 9.82. The molecule has 1 aromatic carbocycles. The third-order valence-electron chi connectivity index (χ3n) is 4.10. The van der Waals surface area contributed by atoms with Gasteiger partial charge in [0.15, 0.2) is 6.61 Å². The van der Waals surface area contributed by atoms with Crippen LogP contribution in [-0.4, -0.2) is 36.3 Å². The monoisotopic (exact) mass is 361 g/mol. The summed E-state index contributed by atoms with van der Waals surface area (Å²) >= 11 is 0. The van der Waals surface area contributed by atoms with E-state index in [1.54, 1.807) is 19.9 Å². The first-order chi connectivity index (χ1) is 11.6. The van der Waals surface area contributed by atoms with Crippen molar-refractivity contribution in [2.24, 2.45) is 5.41 Å². The average Bonchev–Trinajstić information content (AvgIpc) is 2.54. The van der Waals surface area contributed by atoms with Gasteiger partial charge in [-0.05, 0) is 30.5 Å². The minimum atomic E-state index is -4.44. The summed E-state index contributed by atoms with van der Waals surface area (Å²) in [6.07, 6.45) is -3.76. The smallest absolute Gasteiger partial charge is 0.422 e. The van der Waals surface area contributed by atoms with Crippen molar-refractivity contribution in [1.82, 2.24) is 5.32 Å². The van der Waals surface area contributed by atoms with E-state index in [1.807, 2.05) is 0 Å². The lowest BCUT2D eigenvalue weighted by molar-refractivity contribution is -0.153. The fourth-order valence-corrected chi connectivity index (χ4v) is 2.30. The van der Waals surface area contributed by atoms with Crippen molar-refractivity contribution < 1.29 is 32.6 Å². The van der Waals surface area contributed by atoms with Gasteiger partial charge in [-0.25, -0.2) is 0 Å². The van der Waals surface area contributed by atoms with Crippen molar-refractivity contribution in [2.45, 2.75) is 39.3 Å². The van der Waals surface area contributed by atoms with E-state index in [1.165, 1.54) is 18.2 Å². The van der Waals surface area contributed by atoms with Gasteiger partial charge in [-0.15, -0.1) is 0 Å². The van der Waals surface area contributed by atoms with Crippen molar-refractivity contribution in [3.8, 4) is 5.75 Å². The molecule has 0 aliphatic rings. The van der Waals surface area contributed by atoms with Crippen molar-refractivity contribution in [3.63, 3.8) is 0 Å². The van der Waals surface area contributed by atoms with Gasteiger partial charge < -0.3 is 15.2 Å². The predicted octanol–water partition coefficient (Wildman–Crippen LogP) is 3.18. The average molecular weight is 361 g/mol. The van der Waals surface area contributed by atoms with E-state index >= 15 is 0 Å². The zero-order valence-electron chi connectivity index (χ0n) is 14.2. The molecule has 25 heavy (non-hydrogen) atoms. The molecule has 0 saturated carbocycles. The standard InChI is InChI=1S/C17H22F3NO4/c1-3-16(4-2,15(23)24)10-21-14(22)9-12-6-5-7-13(8-12)25-11-17(18,19)20/h5-8H,3-4,9-11H2,1-2H3,(H,21,22)(H,23,24). The second-order valence-electron chi connectivity index (χ2n) is 5.80. The van der Waals surface area contributed by atoms with Gasteiger partial charge in [0.25, 0.3) is 0 Å². The zero-order valence-corrected chi connectivity index (χ0v) is 14.2. The quantitative estimate of drug-likeness (QED) is 0.708. The summed E-state index contributed by atoms with van der Waals surface area (Å²) in [6, 6.07) is 5.81. The number of halogens is 3. The Morgan fingerprint density at radius 3 is 2.36 bits per heavy atom. The third kappa shape index (κ3) is 6.64. The van der Waals surface area contributed by atoms with Gasteiger partial charge >= 0.3 is 12.1 Å². The maximum atomic E-state index is 12.2. The van der Waals surface area contributed by atoms with Gasteiger partial charge in [0.05, 0.1) is 11.8 Å². The molecule has 1 aromatic rings. The Balaban J connectivity index is 2.64. The first kappa shape index (κ1) is 20.8. The molecule has 2 N–H and O–H groups in total. The number of alkyl halides is 3. The second-order valence-corrected chi connectivity index (χ2v) is 5.80. The van der Waals surface area contributed by atoms with Crippen molar-refractivity contribution in [1.29, 1.82) is 0 Å². The van der Waals surface area contributed by atoms with Crippen LogP contribution in [0.5, 0.6) is 5.75 Å². The van der Waals surface area contributed by atoms with Gasteiger partial charge in [-0.2, -0.15) is 13.2 Å². The number of amides is 1. The maximum Gasteiger partial charge on any atom is 0.422 e. The molecule has 0 fully saturated rings. The van der Waals surface area contributed by atoms with E-state index in [4.69, 9.17) is 0 Å². The van der Waals surface area contributed by atoms with Gasteiger partial charge in [-0.1, -0.05) is 26.0 Å². The number of carbonyl (C=O) groups is 2. The molecule has 0 aliphatic carbocycles. The van der Waals surface area contributed by atoms with Crippen LogP contribution in [0.4, 0.5) is 13.2 Å². The first-order valence-corrected chi connectivity index (χ1v) is 7.90. The highest BCUT2D eigenvalue weighted by molar-refractivity contribution is 5.80. The summed E-state index contributed by atoms with van der Waals surface area (Å²) < 4.78 is 41.1. The Labute approximate surface area is 144 Å². The van der Waals surface area contributed by atoms with Crippen LogP contribution in [0.2, 0.25) is 0 Å². The number of carbonyl (C=O) groups excluding carboxylic acids is 1. The Hall–Kier alpha value is -2.25. The Kier molecular flexibility index (Phi) is 7.26. The minimum absolute atomic E-state index is 0.00156. The van der Waals surface area contributed by atoms with E-state index < -0.39 is 30.1 Å². The highest BCUT2D eigenvalue weighted by atomic mass is 19.4. The number of carboxylic acid groups (broad SMARTS) is 1. The molecular formula is C17H22F3NO4. The molecule has 140 valence electrons. The molecule has 0 radical (unpaired) electrons. The minimum Gasteiger partial charge on any atom is -0.484 e. The van der Waals surface area contributed by atoms with Gasteiger partial charge in [0, 0.05) is 6.54 Å². The van der Waals surface area contributed by atoms with E-state index in [0.29, 0.717) is 18.4 Å². The lowest BCUT2D eigenvalue weighted by Crippen LogP contribution is -2.42. The van der Waals surface area contributed by atoms with Crippen LogP contribution in [0, 0.1) is 5.41 Å². The summed E-state index contributed by atoms with van der Waals surface area (Å²) in [5.41, 5.74) is -0.543. The molecule has 0 atom stereocenters. The number of hydrogen-bond donors (Lipinski definition) is 2. The highest BCUT2D eigenvalue weighted by Crippen LogP contribution is 2.25. The highest BCUT2D eigenvalue weighted by Gasteiger charge is 2.35. The van der Waals surface area contributed by atoms with Crippen molar-refractivity contribution >= 4 is 11.9 Å². The number of benzene rings is 1. The summed E-state index contributed by atoms with van der Waals surface area (Å²) in [5.74, 6) is -1.36. The van der Waals surface area contributed by atoms with Crippen LogP contribution < -0.4 is 10.1 Å². The van der Waals surface area contributed by atoms with E-state index in [0.717, 1.165) is 0 Å². The van der Waals surface area contributed by atoms with Crippen molar-refractivity contribution in [3.05, 3.63) is 29.8 Å². The van der Waals surface area contributed by atoms with Gasteiger partial charge in [0.1, 0.15) is 5.75 Å². The molecule has 0 saturated heterocycles. The number of hydrogen-bond acceptors (Lipinski definition) is 3. The van der Waals surface area contributed by atoms with Crippen LogP contribution in [0.3, 0.4) is 0 Å². The summed E-state index contributed by atoms with van der Waals surface area (Å²) in [7, 11) is 0. The maximum absolute atomic E-state index is 12.2. The molecule has 0 unspecified atom stereocenters. The molecule has 0 bridgehead atoms. The van der Waals surface area contributed by atoms with E-state index in [9.17, 15) is 27.9 Å². The van der Waals surface area contributed by atoms with Gasteiger partial charge in [-0.3, -0.25) is 9.59 Å². The molecule has 0 aliphatic heterocycles. The number of aliphatic carboxylic acids is 1. The molecule has 0 spiro atoms. The van der Waals surface area contributed by atoms with Crippen molar-refractivity contribution in [2.75, 3.05) is 13.2 Å². The summed E-state index contributed by atoms with van der Waals surface area (Å²) in [6.45, 7) is 2.08. The van der Waals surface area contributed by atoms with Crippen LogP contribution >= 0.6 is 0 Å². The third-order valence-corrected chi connectivity index (χ3v) is 4.10. The molecule has 5 nitrogen and oxygen atoms in total. The van der Waals surface area contributed by atoms with Crippen LogP contribution in [0.1, 0.15) is 32.3 Å². The molecule has 1 rings (SSSR count). The molecule has 0 aromatic heterocycles. The first-order valence-electron chi connectivity index (χ1n) is 7.90. The Morgan fingerprint density at radius 2 is 1.84 bits per heavy atom. The van der Waals surface area contributed by atoms with Crippen LogP contribution in [0.25, 0.3) is 0 Å². The largest absolute Gasteiger partial charge is 0.484 e. The normalized spacial score (nSPS) is 11.9. The molecule has 0 heterocycles. The van der Waals surface area contributed by atoms with E-state index in [-0.39, 0.29) is 18.7 Å². The van der Waals surface area contributed by atoms with Crippen LogP contribution in [0.15, 0.2) is 24.3 Å². The lowest BCUT2D eigenvalue weighted by Gasteiger charge is -2.26. The van der Waals surface area contributed by atoms with E-state index in [2.05, 4.69) is 10.1 Å². The number of carboxylic acids is 1. The SMILES string of the molecule is CCC(CC)(CNC(=O)Cc1cccc(OCC(F)(F)F)c1)C(=O)O. The summed E-state index contributed by atoms with van der Waals surface area (Å²) in [4.78, 5) is 23.4. The van der Waals surface area contributed by atoms with Crippen LogP contribution in [-0.2, 0) is 16.0 Å². The summed E-state index contributed by atoms with van der Waals surface area (Å²) in [5, 5.41) is 11.9. The second kappa shape index (κ2) is 8.73. The number of ether oxygens (including phenoxy) is 1. The topological polar surface area (TPSA) is 75.6 Å². The predicted molar refractivity (Wildman–Crippen MR) is 85.4 cm³/mol. The molecule has 8 heteroatoms. The molecular weight excluding hydrogens is 339 g/mol. The Bertz CT molecular complexity index is 598. The van der Waals surface area contributed by atoms with Gasteiger partial charge in [0.2, 0.25) is 5.91 Å². The Morgan fingerprint density at radius 1 is 1.20 bits per heavy atom. The number of nitrogens with one attached hydrogen (secondary N) is 1. The molecule has 1 amide bonds. The fraction of sp³-hybridized carbons (Fsp3) is 0.529.